The highest BCUT2D eigenvalue weighted by Crippen LogP contribution is 2.41. The number of alkyl halides is 2. The zero-order chi connectivity index (χ0) is 26.3. The summed E-state index contributed by atoms with van der Waals surface area (Å²) in [6.07, 6.45) is 4.91. The number of amides is 1. The van der Waals surface area contributed by atoms with Crippen LogP contribution in [0.25, 0.3) is 10.9 Å². The van der Waals surface area contributed by atoms with Crippen molar-refractivity contribution in [3.05, 3.63) is 59.1 Å². The summed E-state index contributed by atoms with van der Waals surface area (Å²) in [6.45, 7) is 0.485. The minimum absolute atomic E-state index is 0.0145. The normalized spacial score (nSPS) is 20.8. The predicted octanol–water partition coefficient (Wildman–Crippen LogP) is 6.51. The number of nitrogens with one attached hydrogen (secondary N) is 1. The highest BCUT2D eigenvalue weighted by molar-refractivity contribution is 6.42. The van der Waals surface area contributed by atoms with Crippen LogP contribution in [-0.4, -0.2) is 45.6 Å². The van der Waals surface area contributed by atoms with Gasteiger partial charge in [0.05, 0.1) is 21.2 Å². The summed E-state index contributed by atoms with van der Waals surface area (Å²) >= 11 is 11.8. The Morgan fingerprint density at radius 1 is 1.16 bits per heavy atom. The van der Waals surface area contributed by atoms with E-state index < -0.39 is 12.4 Å². The van der Waals surface area contributed by atoms with Gasteiger partial charge in [0.2, 0.25) is 5.91 Å². The van der Waals surface area contributed by atoms with E-state index in [1.54, 1.807) is 0 Å². The third-order valence-electron chi connectivity index (χ3n) is 6.62. The molecule has 2 bridgehead atoms. The number of aromatic nitrogens is 2. The largest absolute Gasteiger partial charge is 0.486 e. The SMILES string of the molecule is C=CC(=O)N1[C@@H]2CC[C@H]1C[C@H](Oc1cc3c(Nc4ccc(Cl)c(Cl)c4F)ncnc3cc1OC(F)F)C2. The van der Waals surface area contributed by atoms with Crippen molar-refractivity contribution in [1.29, 1.82) is 0 Å². The third-order valence-corrected chi connectivity index (χ3v) is 7.40. The second-order valence-electron chi connectivity index (χ2n) is 8.81. The molecule has 2 fully saturated rings. The number of halogens is 5. The van der Waals surface area contributed by atoms with Crippen molar-refractivity contribution in [1.82, 2.24) is 14.9 Å². The van der Waals surface area contributed by atoms with E-state index >= 15 is 0 Å². The Morgan fingerprint density at radius 3 is 2.57 bits per heavy atom. The molecule has 12 heteroatoms. The number of carbonyl (C=O) groups is 1. The van der Waals surface area contributed by atoms with Gasteiger partial charge in [0.15, 0.2) is 17.3 Å². The second kappa shape index (κ2) is 10.3. The van der Waals surface area contributed by atoms with Crippen molar-refractivity contribution in [3.8, 4) is 11.5 Å². The van der Waals surface area contributed by atoms with Crippen LogP contribution in [0.2, 0.25) is 10.0 Å². The maximum Gasteiger partial charge on any atom is 0.387 e. The predicted molar refractivity (Wildman–Crippen MR) is 133 cm³/mol. The number of anilines is 2. The molecule has 5 rings (SSSR count). The van der Waals surface area contributed by atoms with E-state index in [0.29, 0.717) is 18.2 Å². The first-order chi connectivity index (χ1) is 17.7. The molecule has 1 N–H and O–H groups in total. The number of hydrogen-bond donors (Lipinski definition) is 1. The second-order valence-corrected chi connectivity index (χ2v) is 9.60. The molecule has 2 aliphatic heterocycles. The maximum absolute atomic E-state index is 14.7. The van der Waals surface area contributed by atoms with Crippen LogP contribution in [-0.2, 0) is 4.79 Å². The summed E-state index contributed by atoms with van der Waals surface area (Å²) in [5.41, 5.74) is 0.285. The van der Waals surface area contributed by atoms with Crippen molar-refractivity contribution in [2.24, 2.45) is 0 Å². The highest BCUT2D eigenvalue weighted by Gasteiger charge is 2.43. The van der Waals surface area contributed by atoms with E-state index in [9.17, 15) is 18.0 Å². The van der Waals surface area contributed by atoms with Gasteiger partial charge in [0, 0.05) is 36.4 Å². The van der Waals surface area contributed by atoms with E-state index in [0.717, 1.165) is 12.8 Å². The van der Waals surface area contributed by atoms with Crippen LogP contribution in [0.4, 0.5) is 24.7 Å². The summed E-state index contributed by atoms with van der Waals surface area (Å²) in [7, 11) is 0. The number of benzene rings is 2. The highest BCUT2D eigenvalue weighted by atomic mass is 35.5. The molecule has 1 amide bonds. The quantitative estimate of drug-likeness (QED) is 0.266. The van der Waals surface area contributed by atoms with Crippen LogP contribution in [0.15, 0.2) is 43.2 Å². The molecule has 194 valence electrons. The molecule has 3 atom stereocenters. The van der Waals surface area contributed by atoms with Crippen LogP contribution in [0, 0.1) is 5.82 Å². The average Bonchev–Trinajstić information content (AvgIpc) is 3.14. The van der Waals surface area contributed by atoms with Gasteiger partial charge >= 0.3 is 6.61 Å². The molecule has 2 aromatic carbocycles. The summed E-state index contributed by atoms with van der Waals surface area (Å²) in [4.78, 5) is 22.4. The number of nitrogens with zero attached hydrogens (tertiary/aromatic N) is 3. The topological polar surface area (TPSA) is 76.6 Å². The molecule has 0 unspecified atom stereocenters. The molecule has 2 aliphatic rings. The van der Waals surface area contributed by atoms with Crippen molar-refractivity contribution in [2.75, 3.05) is 5.32 Å². The van der Waals surface area contributed by atoms with Crippen molar-refractivity contribution in [3.63, 3.8) is 0 Å². The number of piperidine rings is 1. The standard InChI is InChI=1S/C25H21Cl2F3N4O3/c1-2-21(35)34-12-3-4-13(34)8-14(7-12)36-19-9-15-18(10-20(19)37-25(29)30)31-11-32-24(15)33-17-6-5-16(26)22(27)23(17)28/h2,5-6,9-14,25H,1,3-4,7-8H2,(H,31,32,33)/t12-,13+,14-. The molecule has 3 aromatic rings. The fourth-order valence-corrected chi connectivity index (χ4v) is 5.37. The third kappa shape index (κ3) is 5.00. The van der Waals surface area contributed by atoms with E-state index in [-0.39, 0.29) is 62.7 Å². The van der Waals surface area contributed by atoms with Gasteiger partial charge in [-0.1, -0.05) is 29.8 Å². The zero-order valence-corrected chi connectivity index (χ0v) is 20.8. The molecule has 0 spiro atoms. The Balaban J connectivity index is 1.48. The smallest absolute Gasteiger partial charge is 0.387 e. The number of fused-ring (bicyclic) bond motifs is 3. The van der Waals surface area contributed by atoms with Crippen molar-refractivity contribution >= 4 is 51.5 Å². The summed E-state index contributed by atoms with van der Waals surface area (Å²) in [5.74, 6) is -0.827. The van der Waals surface area contributed by atoms with Gasteiger partial charge in [-0.3, -0.25) is 4.79 Å². The molecule has 0 aliphatic carbocycles. The first-order valence-electron chi connectivity index (χ1n) is 11.5. The lowest BCUT2D eigenvalue weighted by atomic mass is 9.99. The lowest BCUT2D eigenvalue weighted by Crippen LogP contribution is -2.48. The first-order valence-corrected chi connectivity index (χ1v) is 12.3. The molecule has 0 saturated carbocycles. The van der Waals surface area contributed by atoms with Crippen LogP contribution >= 0.6 is 23.2 Å². The number of rotatable bonds is 7. The van der Waals surface area contributed by atoms with Gasteiger partial charge in [0.25, 0.3) is 0 Å². The van der Waals surface area contributed by atoms with E-state index in [1.165, 1.54) is 36.7 Å². The number of carbonyl (C=O) groups excluding carboxylic acids is 1. The van der Waals surface area contributed by atoms with E-state index in [1.807, 2.05) is 4.90 Å². The van der Waals surface area contributed by atoms with Crippen LogP contribution in [0.3, 0.4) is 0 Å². The Labute approximate surface area is 220 Å². The molecular weight excluding hydrogens is 532 g/mol. The molecule has 7 nitrogen and oxygen atoms in total. The molecule has 0 radical (unpaired) electrons. The van der Waals surface area contributed by atoms with Crippen molar-refractivity contribution in [2.45, 2.75) is 50.5 Å². The van der Waals surface area contributed by atoms with Crippen molar-refractivity contribution < 1.29 is 27.4 Å². The lowest BCUT2D eigenvalue weighted by Gasteiger charge is -2.38. The zero-order valence-electron chi connectivity index (χ0n) is 19.3. The number of hydrogen-bond acceptors (Lipinski definition) is 6. The summed E-state index contributed by atoms with van der Waals surface area (Å²) < 4.78 is 52.0. The number of ether oxygens (including phenoxy) is 2. The monoisotopic (exact) mass is 552 g/mol. The fourth-order valence-electron chi connectivity index (χ4n) is 5.06. The van der Waals surface area contributed by atoms with Gasteiger partial charge < -0.3 is 19.7 Å². The Hall–Kier alpha value is -3.24. The summed E-state index contributed by atoms with van der Waals surface area (Å²) in [5, 5.41) is 3.04. The van der Waals surface area contributed by atoms with Crippen LogP contribution < -0.4 is 14.8 Å². The van der Waals surface area contributed by atoms with E-state index in [4.69, 9.17) is 32.7 Å². The lowest BCUT2D eigenvalue weighted by molar-refractivity contribution is -0.131. The molecular formula is C25H21Cl2F3N4O3. The van der Waals surface area contributed by atoms with E-state index in [2.05, 4.69) is 21.9 Å². The Morgan fingerprint density at radius 2 is 1.89 bits per heavy atom. The molecule has 3 heterocycles. The molecule has 37 heavy (non-hydrogen) atoms. The first kappa shape index (κ1) is 25.4. The van der Waals surface area contributed by atoms with Gasteiger partial charge in [-0.15, -0.1) is 0 Å². The Kier molecular flexibility index (Phi) is 7.04. The van der Waals surface area contributed by atoms with Crippen LogP contribution in [0.5, 0.6) is 11.5 Å². The summed E-state index contributed by atoms with van der Waals surface area (Å²) in [6, 6.07) is 5.59. The minimum atomic E-state index is -3.09. The average molecular weight is 553 g/mol. The van der Waals surface area contributed by atoms with Crippen LogP contribution in [0.1, 0.15) is 25.7 Å². The van der Waals surface area contributed by atoms with Gasteiger partial charge in [-0.25, -0.2) is 14.4 Å². The molecule has 1 aromatic heterocycles. The van der Waals surface area contributed by atoms with Gasteiger partial charge in [0.1, 0.15) is 18.2 Å². The van der Waals surface area contributed by atoms with Gasteiger partial charge in [-0.05, 0) is 37.1 Å². The fraction of sp³-hybridized carbons (Fsp3) is 0.320. The maximum atomic E-state index is 14.7. The Bertz CT molecular complexity index is 1360. The minimum Gasteiger partial charge on any atom is -0.486 e. The molecule has 2 saturated heterocycles. The van der Waals surface area contributed by atoms with Gasteiger partial charge in [-0.2, -0.15) is 8.78 Å².